The summed E-state index contributed by atoms with van der Waals surface area (Å²) in [5, 5.41) is 1.50. The maximum atomic E-state index is 13.1. The van der Waals surface area contributed by atoms with Gasteiger partial charge in [-0.25, -0.2) is 4.99 Å². The number of amidine groups is 1. The van der Waals surface area contributed by atoms with E-state index in [4.69, 9.17) is 0 Å². The van der Waals surface area contributed by atoms with Crippen molar-refractivity contribution in [1.82, 2.24) is 5.01 Å². The Bertz CT molecular complexity index is 1070. The fraction of sp³-hybridized carbons (Fsp3) is 0.0435. The Hall–Kier alpha value is -3.18. The van der Waals surface area contributed by atoms with Crippen molar-refractivity contribution in [2.75, 3.05) is 5.43 Å². The van der Waals surface area contributed by atoms with Crippen molar-refractivity contribution < 1.29 is 4.79 Å². The predicted molar refractivity (Wildman–Crippen MR) is 117 cm³/mol. The first-order chi connectivity index (χ1) is 13.6. The molecular formula is C23H18BrN3O. The molecule has 0 atom stereocenters. The van der Waals surface area contributed by atoms with Gasteiger partial charge in [0.1, 0.15) is 5.70 Å². The van der Waals surface area contributed by atoms with E-state index in [2.05, 4.69) is 26.3 Å². The lowest BCUT2D eigenvalue weighted by atomic mass is 10.1. The number of carbonyl (C=O) groups is 1. The van der Waals surface area contributed by atoms with Gasteiger partial charge >= 0.3 is 0 Å². The lowest BCUT2D eigenvalue weighted by Gasteiger charge is -2.20. The second-order valence-electron chi connectivity index (χ2n) is 6.50. The minimum absolute atomic E-state index is 0.195. The molecule has 5 heteroatoms. The van der Waals surface area contributed by atoms with Crippen molar-refractivity contribution in [3.8, 4) is 0 Å². The number of aliphatic imine (C=N–C) groups is 1. The lowest BCUT2D eigenvalue weighted by molar-refractivity contribution is -0.121. The highest BCUT2D eigenvalue weighted by atomic mass is 79.9. The highest BCUT2D eigenvalue weighted by molar-refractivity contribution is 9.10. The van der Waals surface area contributed by atoms with Crippen molar-refractivity contribution >= 4 is 39.4 Å². The van der Waals surface area contributed by atoms with Crippen LogP contribution in [0.2, 0.25) is 0 Å². The van der Waals surface area contributed by atoms with Crippen LogP contribution in [0.5, 0.6) is 0 Å². The first kappa shape index (κ1) is 18.2. The largest absolute Gasteiger partial charge is 0.297 e. The summed E-state index contributed by atoms with van der Waals surface area (Å²) in [4.78, 5) is 17.8. The first-order valence-electron chi connectivity index (χ1n) is 8.89. The number of para-hydroxylation sites is 1. The lowest BCUT2D eigenvalue weighted by Crippen LogP contribution is -2.37. The van der Waals surface area contributed by atoms with Crippen LogP contribution in [-0.4, -0.2) is 16.8 Å². The number of carbonyl (C=O) groups excluding carboxylic acids is 1. The van der Waals surface area contributed by atoms with Crippen molar-refractivity contribution in [2.24, 2.45) is 4.99 Å². The summed E-state index contributed by atoms with van der Waals surface area (Å²) in [7, 11) is 0. The van der Waals surface area contributed by atoms with Gasteiger partial charge in [-0.3, -0.25) is 10.2 Å². The molecule has 1 heterocycles. The minimum Gasteiger partial charge on any atom is -0.290 e. The number of aryl methyl sites for hydroxylation is 1. The molecule has 0 saturated heterocycles. The van der Waals surface area contributed by atoms with Crippen LogP contribution in [0.4, 0.5) is 5.69 Å². The van der Waals surface area contributed by atoms with Crippen LogP contribution >= 0.6 is 15.9 Å². The molecule has 4 rings (SSSR count). The molecule has 0 spiro atoms. The highest BCUT2D eigenvalue weighted by Crippen LogP contribution is 2.24. The summed E-state index contributed by atoms with van der Waals surface area (Å²) >= 11 is 3.47. The van der Waals surface area contributed by atoms with Crippen LogP contribution in [0, 0.1) is 6.92 Å². The van der Waals surface area contributed by atoms with Crippen molar-refractivity contribution in [3.05, 3.63) is 106 Å². The van der Waals surface area contributed by atoms with Gasteiger partial charge in [0, 0.05) is 10.0 Å². The second kappa shape index (κ2) is 7.82. The van der Waals surface area contributed by atoms with Gasteiger partial charge in [0.25, 0.3) is 5.91 Å². The number of rotatable bonds is 4. The molecule has 0 bridgehead atoms. The molecule has 0 aliphatic carbocycles. The summed E-state index contributed by atoms with van der Waals surface area (Å²) in [6.07, 6.45) is 1.80. The smallest absolute Gasteiger partial charge is 0.290 e. The van der Waals surface area contributed by atoms with Gasteiger partial charge in [0.2, 0.25) is 0 Å². The minimum atomic E-state index is -0.195. The molecule has 0 unspecified atom stereocenters. The molecular weight excluding hydrogens is 414 g/mol. The SMILES string of the molecule is Cc1ccc(C2=NC(=Cc3cccc(Br)c3)C(=O)N2Nc2ccccc2)cc1. The maximum absolute atomic E-state index is 13.1. The Morgan fingerprint density at radius 1 is 0.964 bits per heavy atom. The standard InChI is InChI=1S/C23H18BrN3O/c1-16-10-12-18(13-11-16)22-25-21(15-17-6-5-7-19(24)14-17)23(28)27(22)26-20-8-3-2-4-9-20/h2-15,26H,1H3. The van der Waals surface area contributed by atoms with Crippen LogP contribution in [0.25, 0.3) is 6.08 Å². The Morgan fingerprint density at radius 2 is 1.71 bits per heavy atom. The number of nitrogens with zero attached hydrogens (tertiary/aromatic N) is 2. The van der Waals surface area contributed by atoms with Crippen LogP contribution in [0.3, 0.4) is 0 Å². The van der Waals surface area contributed by atoms with E-state index in [0.29, 0.717) is 11.5 Å². The third-order valence-corrected chi connectivity index (χ3v) is 4.83. The zero-order chi connectivity index (χ0) is 19.5. The molecule has 0 radical (unpaired) electrons. The van der Waals surface area contributed by atoms with E-state index in [-0.39, 0.29) is 5.91 Å². The van der Waals surface area contributed by atoms with E-state index in [1.165, 1.54) is 5.01 Å². The summed E-state index contributed by atoms with van der Waals surface area (Å²) in [5.41, 5.74) is 7.33. The number of amides is 1. The van der Waals surface area contributed by atoms with Crippen LogP contribution in [0.1, 0.15) is 16.7 Å². The third kappa shape index (κ3) is 3.89. The van der Waals surface area contributed by atoms with Gasteiger partial charge in [0.15, 0.2) is 5.84 Å². The van der Waals surface area contributed by atoms with E-state index < -0.39 is 0 Å². The number of halogens is 1. The number of anilines is 1. The number of nitrogens with one attached hydrogen (secondary N) is 1. The molecule has 28 heavy (non-hydrogen) atoms. The number of hydrazine groups is 1. The zero-order valence-electron chi connectivity index (χ0n) is 15.3. The van der Waals surface area contributed by atoms with Gasteiger partial charge < -0.3 is 0 Å². The fourth-order valence-electron chi connectivity index (χ4n) is 2.91. The van der Waals surface area contributed by atoms with E-state index >= 15 is 0 Å². The van der Waals surface area contributed by atoms with Gasteiger partial charge in [-0.2, -0.15) is 5.01 Å². The Kier molecular flexibility index (Phi) is 5.08. The molecule has 1 N–H and O–H groups in total. The van der Waals surface area contributed by atoms with Gasteiger partial charge in [-0.05, 0) is 42.8 Å². The molecule has 138 valence electrons. The monoisotopic (exact) mass is 431 g/mol. The highest BCUT2D eigenvalue weighted by Gasteiger charge is 2.31. The molecule has 0 saturated carbocycles. The summed E-state index contributed by atoms with van der Waals surface area (Å²) in [6, 6.07) is 25.4. The molecule has 3 aromatic rings. The molecule has 3 aromatic carbocycles. The number of hydrogen-bond acceptors (Lipinski definition) is 3. The van der Waals surface area contributed by atoms with Gasteiger partial charge in [-0.15, -0.1) is 0 Å². The Morgan fingerprint density at radius 3 is 2.43 bits per heavy atom. The number of benzene rings is 3. The topological polar surface area (TPSA) is 44.7 Å². The maximum Gasteiger partial charge on any atom is 0.297 e. The second-order valence-corrected chi connectivity index (χ2v) is 7.42. The number of hydrogen-bond donors (Lipinski definition) is 1. The molecule has 4 nitrogen and oxygen atoms in total. The molecule has 0 fully saturated rings. The van der Waals surface area contributed by atoms with Crippen LogP contribution in [0.15, 0.2) is 94.0 Å². The van der Waals surface area contributed by atoms with Gasteiger partial charge in [-0.1, -0.05) is 76.1 Å². The van der Waals surface area contributed by atoms with E-state index in [9.17, 15) is 4.79 Å². The van der Waals surface area contributed by atoms with Gasteiger partial charge in [0.05, 0.1) is 5.69 Å². The van der Waals surface area contributed by atoms with Crippen molar-refractivity contribution in [3.63, 3.8) is 0 Å². The molecule has 1 aliphatic rings. The fourth-order valence-corrected chi connectivity index (χ4v) is 3.33. The van der Waals surface area contributed by atoms with Crippen LogP contribution < -0.4 is 5.43 Å². The summed E-state index contributed by atoms with van der Waals surface area (Å²) in [6.45, 7) is 2.03. The molecule has 1 amide bonds. The zero-order valence-corrected chi connectivity index (χ0v) is 16.8. The summed E-state index contributed by atoms with van der Waals surface area (Å²) in [5.74, 6) is 0.384. The third-order valence-electron chi connectivity index (χ3n) is 4.34. The predicted octanol–water partition coefficient (Wildman–Crippen LogP) is 5.41. The van der Waals surface area contributed by atoms with E-state index in [0.717, 1.165) is 26.9 Å². The van der Waals surface area contributed by atoms with Crippen molar-refractivity contribution in [1.29, 1.82) is 0 Å². The van der Waals surface area contributed by atoms with Crippen molar-refractivity contribution in [2.45, 2.75) is 6.92 Å². The molecule has 0 aromatic heterocycles. The average Bonchev–Trinajstić information content (AvgIpc) is 2.99. The van der Waals surface area contributed by atoms with Crippen LogP contribution in [-0.2, 0) is 4.79 Å². The summed E-state index contributed by atoms with van der Waals surface area (Å²) < 4.78 is 0.953. The van der Waals surface area contributed by atoms with E-state index in [1.54, 1.807) is 6.08 Å². The Balaban J connectivity index is 1.74. The first-order valence-corrected chi connectivity index (χ1v) is 9.68. The quantitative estimate of drug-likeness (QED) is 0.560. The Labute approximate surface area is 172 Å². The van der Waals surface area contributed by atoms with E-state index in [1.807, 2.05) is 85.8 Å². The average molecular weight is 432 g/mol. The molecule has 1 aliphatic heterocycles. The normalized spacial score (nSPS) is 15.1.